The topological polar surface area (TPSA) is 56.3 Å². The molecule has 1 aromatic heterocycles. The molecule has 5 nitrogen and oxygen atoms in total. The molecule has 0 saturated heterocycles. The van der Waals surface area contributed by atoms with E-state index in [1.807, 2.05) is 18.2 Å². The molecule has 0 radical (unpaired) electrons. The average molecular weight is 287 g/mol. The molecule has 1 N–H and O–H groups in total. The molecule has 1 aromatic carbocycles. The SMILES string of the molecule is CCCNc1cncc(Oc2ccc(CC)cc2OC)n1. The number of hydrogen-bond acceptors (Lipinski definition) is 5. The number of aryl methyl sites for hydroxylation is 1. The van der Waals surface area contributed by atoms with E-state index in [4.69, 9.17) is 9.47 Å². The molecule has 0 saturated carbocycles. The van der Waals surface area contributed by atoms with Gasteiger partial charge in [-0.3, -0.25) is 4.98 Å². The molecule has 0 aliphatic rings. The quantitative estimate of drug-likeness (QED) is 0.842. The third kappa shape index (κ3) is 4.08. The highest BCUT2D eigenvalue weighted by Gasteiger charge is 2.08. The zero-order valence-electron chi connectivity index (χ0n) is 12.7. The fourth-order valence-corrected chi connectivity index (χ4v) is 1.86. The van der Waals surface area contributed by atoms with Crippen molar-refractivity contribution in [3.63, 3.8) is 0 Å². The summed E-state index contributed by atoms with van der Waals surface area (Å²) in [5.74, 6) is 2.48. The van der Waals surface area contributed by atoms with Crippen LogP contribution in [0.4, 0.5) is 5.82 Å². The van der Waals surface area contributed by atoms with Crippen molar-refractivity contribution in [2.24, 2.45) is 0 Å². The predicted octanol–water partition coefficient (Wildman–Crippen LogP) is 3.66. The lowest BCUT2D eigenvalue weighted by Gasteiger charge is -2.11. The second kappa shape index (κ2) is 7.47. The number of benzene rings is 1. The molecule has 1 heterocycles. The summed E-state index contributed by atoms with van der Waals surface area (Å²) in [6.45, 7) is 5.05. The van der Waals surface area contributed by atoms with Crippen molar-refractivity contribution >= 4 is 5.82 Å². The fraction of sp³-hybridized carbons (Fsp3) is 0.375. The van der Waals surface area contributed by atoms with Crippen LogP contribution < -0.4 is 14.8 Å². The lowest BCUT2D eigenvalue weighted by Crippen LogP contribution is -2.03. The van der Waals surface area contributed by atoms with E-state index in [-0.39, 0.29) is 0 Å². The monoisotopic (exact) mass is 287 g/mol. The van der Waals surface area contributed by atoms with Crippen molar-refractivity contribution < 1.29 is 9.47 Å². The van der Waals surface area contributed by atoms with Crippen molar-refractivity contribution in [2.45, 2.75) is 26.7 Å². The number of anilines is 1. The van der Waals surface area contributed by atoms with Crippen LogP contribution >= 0.6 is 0 Å². The Kier molecular flexibility index (Phi) is 5.37. The van der Waals surface area contributed by atoms with Crippen LogP contribution in [-0.4, -0.2) is 23.6 Å². The van der Waals surface area contributed by atoms with E-state index < -0.39 is 0 Å². The highest BCUT2D eigenvalue weighted by atomic mass is 16.5. The summed E-state index contributed by atoms with van der Waals surface area (Å²) in [5, 5.41) is 3.18. The van der Waals surface area contributed by atoms with Crippen LogP contribution in [0.1, 0.15) is 25.8 Å². The van der Waals surface area contributed by atoms with E-state index in [2.05, 4.69) is 29.1 Å². The van der Waals surface area contributed by atoms with E-state index >= 15 is 0 Å². The second-order valence-corrected chi connectivity index (χ2v) is 4.61. The molecule has 0 aliphatic carbocycles. The van der Waals surface area contributed by atoms with Crippen molar-refractivity contribution in [2.75, 3.05) is 19.0 Å². The first-order valence-corrected chi connectivity index (χ1v) is 7.17. The Hall–Kier alpha value is -2.30. The van der Waals surface area contributed by atoms with Gasteiger partial charge >= 0.3 is 0 Å². The largest absolute Gasteiger partial charge is 0.493 e. The Morgan fingerprint density at radius 2 is 2.00 bits per heavy atom. The molecule has 0 amide bonds. The number of rotatable bonds is 7. The minimum atomic E-state index is 0.443. The minimum Gasteiger partial charge on any atom is -0.493 e. The van der Waals surface area contributed by atoms with Gasteiger partial charge in [0.05, 0.1) is 19.5 Å². The lowest BCUT2D eigenvalue weighted by atomic mass is 10.1. The molecule has 2 aromatic rings. The van der Waals surface area contributed by atoms with Crippen molar-refractivity contribution in [1.29, 1.82) is 0 Å². The smallest absolute Gasteiger partial charge is 0.240 e. The standard InChI is InChI=1S/C16H21N3O2/c1-4-8-18-15-10-17-11-16(19-15)21-13-7-6-12(5-2)9-14(13)20-3/h6-7,9-11H,4-5,8H2,1-3H3,(H,18,19). The van der Waals surface area contributed by atoms with Gasteiger partial charge in [0.25, 0.3) is 0 Å². The lowest BCUT2D eigenvalue weighted by molar-refractivity contribution is 0.373. The van der Waals surface area contributed by atoms with E-state index in [1.165, 1.54) is 5.56 Å². The van der Waals surface area contributed by atoms with Gasteiger partial charge in [0.1, 0.15) is 5.82 Å². The van der Waals surface area contributed by atoms with Crippen LogP contribution in [0.3, 0.4) is 0 Å². The van der Waals surface area contributed by atoms with Gasteiger partial charge in [0.2, 0.25) is 5.88 Å². The highest BCUT2D eigenvalue weighted by Crippen LogP contribution is 2.31. The first-order chi connectivity index (χ1) is 10.3. The Labute approximate surface area is 125 Å². The Morgan fingerprint density at radius 3 is 2.71 bits per heavy atom. The summed E-state index contributed by atoms with van der Waals surface area (Å²) in [6.07, 6.45) is 5.25. The number of nitrogens with one attached hydrogen (secondary N) is 1. The second-order valence-electron chi connectivity index (χ2n) is 4.61. The van der Waals surface area contributed by atoms with Crippen LogP contribution in [0, 0.1) is 0 Å². The van der Waals surface area contributed by atoms with Gasteiger partial charge in [-0.1, -0.05) is 19.9 Å². The Balaban J connectivity index is 2.17. The molecule has 0 unspecified atom stereocenters. The first kappa shape index (κ1) is 15.1. The molecule has 2 rings (SSSR count). The highest BCUT2D eigenvalue weighted by molar-refractivity contribution is 5.45. The zero-order valence-corrected chi connectivity index (χ0v) is 12.7. The number of nitrogens with zero attached hydrogens (tertiary/aromatic N) is 2. The predicted molar refractivity (Wildman–Crippen MR) is 83.3 cm³/mol. The van der Waals surface area contributed by atoms with Gasteiger partial charge in [-0.2, -0.15) is 4.98 Å². The van der Waals surface area contributed by atoms with Crippen molar-refractivity contribution in [1.82, 2.24) is 9.97 Å². The number of methoxy groups -OCH3 is 1. The Bertz CT molecular complexity index is 587. The van der Waals surface area contributed by atoms with Gasteiger partial charge in [-0.05, 0) is 30.5 Å². The van der Waals surface area contributed by atoms with Crippen LogP contribution in [0.25, 0.3) is 0 Å². The summed E-state index contributed by atoms with van der Waals surface area (Å²) >= 11 is 0. The van der Waals surface area contributed by atoms with Gasteiger partial charge in [-0.25, -0.2) is 0 Å². The van der Waals surface area contributed by atoms with Crippen molar-refractivity contribution in [3.8, 4) is 17.4 Å². The van der Waals surface area contributed by atoms with Gasteiger partial charge < -0.3 is 14.8 Å². The van der Waals surface area contributed by atoms with Crippen molar-refractivity contribution in [3.05, 3.63) is 36.2 Å². The molecule has 0 bridgehead atoms. The number of ether oxygens (including phenoxy) is 2. The molecular weight excluding hydrogens is 266 g/mol. The maximum absolute atomic E-state index is 5.78. The third-order valence-corrected chi connectivity index (χ3v) is 3.02. The minimum absolute atomic E-state index is 0.443. The maximum Gasteiger partial charge on any atom is 0.240 e. The zero-order chi connectivity index (χ0) is 15.1. The molecule has 0 spiro atoms. The summed E-state index contributed by atoms with van der Waals surface area (Å²) < 4.78 is 11.1. The molecule has 21 heavy (non-hydrogen) atoms. The fourth-order valence-electron chi connectivity index (χ4n) is 1.86. The van der Waals surface area contributed by atoms with Crippen LogP contribution in [-0.2, 0) is 6.42 Å². The van der Waals surface area contributed by atoms with E-state index in [9.17, 15) is 0 Å². The first-order valence-electron chi connectivity index (χ1n) is 7.17. The summed E-state index contributed by atoms with van der Waals surface area (Å²) in [6, 6.07) is 5.89. The Morgan fingerprint density at radius 1 is 1.14 bits per heavy atom. The molecule has 112 valence electrons. The molecule has 0 atom stereocenters. The number of hydrogen-bond donors (Lipinski definition) is 1. The van der Waals surface area contributed by atoms with Crippen LogP contribution in [0.15, 0.2) is 30.6 Å². The third-order valence-electron chi connectivity index (χ3n) is 3.02. The molecular formula is C16H21N3O2. The van der Waals surface area contributed by atoms with Gasteiger partial charge in [0.15, 0.2) is 11.5 Å². The maximum atomic E-state index is 5.78. The van der Waals surface area contributed by atoms with E-state index in [0.717, 1.165) is 19.4 Å². The van der Waals surface area contributed by atoms with Crippen LogP contribution in [0.2, 0.25) is 0 Å². The van der Waals surface area contributed by atoms with Gasteiger partial charge in [-0.15, -0.1) is 0 Å². The number of aromatic nitrogens is 2. The van der Waals surface area contributed by atoms with E-state index in [1.54, 1.807) is 19.5 Å². The van der Waals surface area contributed by atoms with Gasteiger partial charge in [0, 0.05) is 6.54 Å². The summed E-state index contributed by atoms with van der Waals surface area (Å²) in [7, 11) is 1.63. The normalized spacial score (nSPS) is 10.2. The molecule has 0 fully saturated rings. The van der Waals surface area contributed by atoms with E-state index in [0.29, 0.717) is 23.2 Å². The van der Waals surface area contributed by atoms with Crippen LogP contribution in [0.5, 0.6) is 17.4 Å². The average Bonchev–Trinajstić information content (AvgIpc) is 2.53. The summed E-state index contributed by atoms with van der Waals surface area (Å²) in [4.78, 5) is 8.50. The summed E-state index contributed by atoms with van der Waals surface area (Å²) in [5.41, 5.74) is 1.20. The molecule has 0 aliphatic heterocycles. The molecule has 5 heteroatoms.